The fourth-order valence-corrected chi connectivity index (χ4v) is 4.75. The number of nitrogens with two attached hydrogens (primary N) is 1. The lowest BCUT2D eigenvalue weighted by Gasteiger charge is -2.42. The Morgan fingerprint density at radius 1 is 1.18 bits per heavy atom. The first-order chi connectivity index (χ1) is 13.5. The zero-order chi connectivity index (χ0) is 19.9. The van der Waals surface area contributed by atoms with Gasteiger partial charge in [-0.3, -0.25) is 4.90 Å². The first kappa shape index (κ1) is 21.0. The van der Waals surface area contributed by atoms with Gasteiger partial charge in [-0.15, -0.1) is 0 Å². The monoisotopic (exact) mass is 392 g/mol. The highest BCUT2D eigenvalue weighted by Crippen LogP contribution is 2.25. The van der Waals surface area contributed by atoms with Gasteiger partial charge in [-0.2, -0.15) is 0 Å². The molecular formula is C21H33FN4O2. The van der Waals surface area contributed by atoms with Crippen LogP contribution in [-0.4, -0.2) is 72.9 Å². The van der Waals surface area contributed by atoms with Crippen LogP contribution in [0.2, 0.25) is 0 Å². The summed E-state index contributed by atoms with van der Waals surface area (Å²) in [6.07, 6.45) is 4.34. The van der Waals surface area contributed by atoms with Crippen molar-refractivity contribution < 1.29 is 14.3 Å². The first-order valence-electron chi connectivity index (χ1n) is 10.4. The maximum absolute atomic E-state index is 13.1. The molecule has 3 atom stereocenters. The molecule has 7 heteroatoms. The fourth-order valence-electron chi connectivity index (χ4n) is 4.75. The standard InChI is InChI=1S/C21H33FN4O2/c22-19-5-3-16(4-6-19)12-17-2-1-8-26(13-17)14-18-7-9-25(10-11-27)15-20(18)24-21(23)28/h3-6,17-18,20,27H,1-2,7-15H2,(H3,23,24,28)/t17-,18-,20-/m0/s1. The van der Waals surface area contributed by atoms with Crippen molar-refractivity contribution in [1.82, 2.24) is 15.1 Å². The minimum absolute atomic E-state index is 0.0234. The van der Waals surface area contributed by atoms with Gasteiger partial charge in [0, 0.05) is 32.2 Å². The van der Waals surface area contributed by atoms with E-state index in [2.05, 4.69) is 15.1 Å². The quantitative estimate of drug-likeness (QED) is 0.656. The van der Waals surface area contributed by atoms with E-state index in [0.717, 1.165) is 45.6 Å². The topological polar surface area (TPSA) is 81.8 Å². The second-order valence-corrected chi connectivity index (χ2v) is 8.29. The Balaban J connectivity index is 1.54. The van der Waals surface area contributed by atoms with Gasteiger partial charge in [0.1, 0.15) is 5.82 Å². The second-order valence-electron chi connectivity index (χ2n) is 8.29. The number of rotatable bonds is 7. The Morgan fingerprint density at radius 2 is 1.96 bits per heavy atom. The number of carbonyl (C=O) groups excluding carboxylic acids is 1. The number of halogens is 1. The zero-order valence-electron chi connectivity index (χ0n) is 16.5. The number of nitrogens with zero attached hydrogens (tertiary/aromatic N) is 2. The van der Waals surface area contributed by atoms with Crippen LogP contribution in [0.15, 0.2) is 24.3 Å². The maximum atomic E-state index is 13.1. The lowest BCUT2D eigenvalue weighted by molar-refractivity contribution is 0.0812. The largest absolute Gasteiger partial charge is 0.395 e. The summed E-state index contributed by atoms with van der Waals surface area (Å²) in [4.78, 5) is 16.2. The van der Waals surface area contributed by atoms with Crippen LogP contribution in [0.5, 0.6) is 0 Å². The maximum Gasteiger partial charge on any atom is 0.312 e. The Morgan fingerprint density at radius 3 is 2.68 bits per heavy atom. The van der Waals surface area contributed by atoms with Gasteiger partial charge in [0.15, 0.2) is 0 Å². The van der Waals surface area contributed by atoms with E-state index >= 15 is 0 Å². The third kappa shape index (κ3) is 6.15. The highest BCUT2D eigenvalue weighted by Gasteiger charge is 2.32. The van der Waals surface area contributed by atoms with Crippen LogP contribution in [0, 0.1) is 17.7 Å². The average Bonchev–Trinajstić information content (AvgIpc) is 2.66. The van der Waals surface area contributed by atoms with Crippen LogP contribution in [0.3, 0.4) is 0 Å². The summed E-state index contributed by atoms with van der Waals surface area (Å²) in [6, 6.07) is 6.39. The number of aliphatic hydroxyl groups excluding tert-OH is 1. The molecule has 1 aromatic rings. The van der Waals surface area contributed by atoms with Crippen LogP contribution in [0.25, 0.3) is 0 Å². The lowest BCUT2D eigenvalue weighted by Crippen LogP contribution is -2.57. The number of β-amino-alcohol motifs (C(OH)–C–C–N with tert-alkyl or cyclic N) is 1. The summed E-state index contributed by atoms with van der Waals surface area (Å²) >= 11 is 0. The minimum Gasteiger partial charge on any atom is -0.395 e. The van der Waals surface area contributed by atoms with E-state index in [9.17, 15) is 14.3 Å². The summed E-state index contributed by atoms with van der Waals surface area (Å²) < 4.78 is 13.1. The van der Waals surface area contributed by atoms with Crippen molar-refractivity contribution in [3.8, 4) is 0 Å². The van der Waals surface area contributed by atoms with Crippen LogP contribution >= 0.6 is 0 Å². The molecule has 4 N–H and O–H groups in total. The van der Waals surface area contributed by atoms with Crippen molar-refractivity contribution in [1.29, 1.82) is 0 Å². The number of nitrogens with one attached hydrogen (secondary N) is 1. The molecule has 0 aliphatic carbocycles. The molecule has 2 saturated heterocycles. The molecule has 3 rings (SSSR count). The normalized spacial score (nSPS) is 26.9. The molecule has 2 fully saturated rings. The fraction of sp³-hybridized carbons (Fsp3) is 0.667. The highest BCUT2D eigenvalue weighted by atomic mass is 19.1. The Hall–Kier alpha value is -1.70. The van der Waals surface area contributed by atoms with Crippen LogP contribution in [0.4, 0.5) is 9.18 Å². The van der Waals surface area contributed by atoms with E-state index in [1.54, 1.807) is 0 Å². The van der Waals surface area contributed by atoms with Gasteiger partial charge in [0.2, 0.25) is 0 Å². The number of hydrogen-bond acceptors (Lipinski definition) is 4. The van der Waals surface area contributed by atoms with E-state index in [1.807, 2.05) is 12.1 Å². The van der Waals surface area contributed by atoms with E-state index in [0.29, 0.717) is 18.4 Å². The molecular weight excluding hydrogens is 359 g/mol. The third-order valence-electron chi connectivity index (χ3n) is 6.12. The molecule has 0 aromatic heterocycles. The number of likely N-dealkylation sites (tertiary alicyclic amines) is 2. The van der Waals surface area contributed by atoms with Gasteiger partial charge < -0.3 is 21.1 Å². The summed E-state index contributed by atoms with van der Waals surface area (Å²) in [5, 5.41) is 12.1. The van der Waals surface area contributed by atoms with Gasteiger partial charge >= 0.3 is 6.03 Å². The molecule has 156 valence electrons. The molecule has 0 spiro atoms. The van der Waals surface area contributed by atoms with Gasteiger partial charge in [0.25, 0.3) is 0 Å². The summed E-state index contributed by atoms with van der Waals surface area (Å²) in [5.74, 6) is 0.762. The van der Waals surface area contributed by atoms with E-state index in [-0.39, 0.29) is 18.5 Å². The smallest absolute Gasteiger partial charge is 0.312 e. The summed E-state index contributed by atoms with van der Waals surface area (Å²) in [5.41, 5.74) is 6.59. The molecule has 28 heavy (non-hydrogen) atoms. The van der Waals surface area contributed by atoms with E-state index in [4.69, 9.17) is 5.73 Å². The molecule has 2 amide bonds. The Kier molecular flexibility index (Phi) is 7.65. The lowest BCUT2D eigenvalue weighted by atomic mass is 9.87. The van der Waals surface area contributed by atoms with Gasteiger partial charge in [0.05, 0.1) is 6.61 Å². The molecule has 2 aliphatic heterocycles. The van der Waals surface area contributed by atoms with Crippen LogP contribution in [-0.2, 0) is 6.42 Å². The number of urea groups is 1. The number of primary amides is 1. The highest BCUT2D eigenvalue weighted by molar-refractivity contribution is 5.72. The molecule has 0 bridgehead atoms. The number of hydrogen-bond donors (Lipinski definition) is 3. The molecule has 2 heterocycles. The van der Waals surface area contributed by atoms with E-state index < -0.39 is 6.03 Å². The summed E-state index contributed by atoms with van der Waals surface area (Å²) in [7, 11) is 0. The predicted octanol–water partition coefficient (Wildman–Crippen LogP) is 1.43. The molecule has 1 aromatic carbocycles. The first-order valence-corrected chi connectivity index (χ1v) is 10.4. The van der Waals surface area contributed by atoms with Crippen LogP contribution in [0.1, 0.15) is 24.8 Å². The number of amides is 2. The number of piperidine rings is 2. The predicted molar refractivity (Wildman–Crippen MR) is 107 cm³/mol. The molecule has 0 unspecified atom stereocenters. The third-order valence-corrected chi connectivity index (χ3v) is 6.12. The van der Waals surface area contributed by atoms with Crippen molar-refractivity contribution in [3.63, 3.8) is 0 Å². The van der Waals surface area contributed by atoms with Gasteiger partial charge in [-0.25, -0.2) is 9.18 Å². The van der Waals surface area contributed by atoms with Gasteiger partial charge in [-0.1, -0.05) is 12.1 Å². The van der Waals surface area contributed by atoms with Crippen molar-refractivity contribution in [2.75, 3.05) is 45.9 Å². The van der Waals surface area contributed by atoms with E-state index in [1.165, 1.54) is 30.5 Å². The molecule has 0 saturated carbocycles. The van der Waals surface area contributed by atoms with Crippen molar-refractivity contribution in [2.45, 2.75) is 31.7 Å². The van der Waals surface area contributed by atoms with Crippen molar-refractivity contribution in [3.05, 3.63) is 35.6 Å². The number of aliphatic hydroxyl groups is 1. The average molecular weight is 393 g/mol. The molecule has 0 radical (unpaired) electrons. The Bertz CT molecular complexity index is 627. The SMILES string of the molecule is NC(=O)N[C@H]1CN(CCO)CC[C@H]1CN1CCC[C@@H](Cc2ccc(F)cc2)C1. The molecule has 2 aliphatic rings. The Labute approximate surface area is 166 Å². The van der Waals surface area contributed by atoms with Crippen LogP contribution < -0.4 is 11.1 Å². The van der Waals surface area contributed by atoms with Crippen molar-refractivity contribution >= 4 is 6.03 Å². The zero-order valence-corrected chi connectivity index (χ0v) is 16.5. The summed E-state index contributed by atoms with van der Waals surface area (Å²) in [6.45, 7) is 5.52. The van der Waals surface area contributed by atoms with Crippen molar-refractivity contribution in [2.24, 2.45) is 17.6 Å². The van der Waals surface area contributed by atoms with Gasteiger partial charge in [-0.05, 0) is 68.3 Å². The number of carbonyl (C=O) groups is 1. The second kappa shape index (κ2) is 10.2. The molecule has 6 nitrogen and oxygen atoms in total. The minimum atomic E-state index is -0.478. The number of benzene rings is 1.